The van der Waals surface area contributed by atoms with Gasteiger partial charge in [-0.05, 0) is 73.0 Å². The van der Waals surface area contributed by atoms with E-state index >= 15 is 0 Å². The fourth-order valence-electron chi connectivity index (χ4n) is 4.71. The molecular weight excluding hydrogens is 484 g/mol. The van der Waals surface area contributed by atoms with Crippen LogP contribution in [0.15, 0.2) is 54.6 Å². The van der Waals surface area contributed by atoms with Crippen molar-refractivity contribution in [2.24, 2.45) is 0 Å². The molecule has 2 aliphatic rings. The molecule has 36 heavy (non-hydrogen) atoms. The van der Waals surface area contributed by atoms with E-state index in [0.29, 0.717) is 40.5 Å². The van der Waals surface area contributed by atoms with Gasteiger partial charge in [-0.15, -0.1) is 11.8 Å². The van der Waals surface area contributed by atoms with Crippen LogP contribution in [0.3, 0.4) is 0 Å². The average Bonchev–Trinajstić information content (AvgIpc) is 3.40. The van der Waals surface area contributed by atoms with E-state index in [1.54, 1.807) is 23.1 Å². The lowest BCUT2D eigenvalue weighted by Gasteiger charge is -2.33. The number of urea groups is 1. The van der Waals surface area contributed by atoms with Crippen LogP contribution in [0.25, 0.3) is 0 Å². The second kappa shape index (κ2) is 9.13. The van der Waals surface area contributed by atoms with E-state index in [2.05, 4.69) is 5.32 Å². The summed E-state index contributed by atoms with van der Waals surface area (Å²) in [5, 5.41) is 2.94. The van der Waals surface area contributed by atoms with E-state index in [4.69, 9.17) is 4.74 Å². The number of nitrogens with one attached hydrogen (secondary N) is 1. The number of benzene rings is 3. The van der Waals surface area contributed by atoms with Crippen molar-refractivity contribution in [3.8, 4) is 5.75 Å². The highest BCUT2D eigenvalue weighted by atomic mass is 32.2. The van der Waals surface area contributed by atoms with Gasteiger partial charge < -0.3 is 15.0 Å². The number of methoxy groups -OCH3 is 1. The summed E-state index contributed by atoms with van der Waals surface area (Å²) in [5.41, 5.74) is 4.47. The molecule has 1 N–H and O–H groups in total. The molecule has 3 aromatic carbocycles. The van der Waals surface area contributed by atoms with E-state index in [9.17, 15) is 18.4 Å². The van der Waals surface area contributed by atoms with Gasteiger partial charge in [0.05, 0.1) is 19.3 Å². The van der Waals surface area contributed by atoms with Gasteiger partial charge in [-0.25, -0.2) is 13.6 Å². The molecule has 1 unspecified atom stereocenters. The summed E-state index contributed by atoms with van der Waals surface area (Å²) in [6, 6.07) is 14.1. The summed E-state index contributed by atoms with van der Waals surface area (Å²) in [5.74, 6) is -1.13. The van der Waals surface area contributed by atoms with Gasteiger partial charge in [0.2, 0.25) is 0 Å². The number of anilines is 2. The van der Waals surface area contributed by atoms with Gasteiger partial charge in [-0.1, -0.05) is 12.1 Å². The predicted octanol–water partition coefficient (Wildman–Crippen LogP) is 5.57. The average molecular weight is 510 g/mol. The van der Waals surface area contributed by atoms with Gasteiger partial charge in [0.15, 0.2) is 16.5 Å². The van der Waals surface area contributed by atoms with Crippen molar-refractivity contribution in [3.63, 3.8) is 0 Å². The molecule has 1 spiro atoms. The lowest BCUT2D eigenvalue weighted by atomic mass is 10.1. The quantitative estimate of drug-likeness (QED) is 0.500. The number of rotatable bonds is 4. The first-order valence-corrected chi connectivity index (χ1v) is 12.5. The Bertz CT molecular complexity index is 1380. The number of hydrogen-bond donors (Lipinski definition) is 1. The summed E-state index contributed by atoms with van der Waals surface area (Å²) < 4.78 is 32.8. The highest BCUT2D eigenvalue weighted by Crippen LogP contribution is 2.55. The van der Waals surface area contributed by atoms with Crippen LogP contribution in [-0.2, 0) is 16.2 Å². The largest absolute Gasteiger partial charge is 0.497 e. The Kier molecular flexibility index (Phi) is 6.12. The van der Waals surface area contributed by atoms with E-state index < -0.39 is 16.5 Å². The van der Waals surface area contributed by atoms with Crippen LogP contribution in [0.4, 0.5) is 25.0 Å². The number of carbonyl (C=O) groups is 2. The van der Waals surface area contributed by atoms with Gasteiger partial charge in [-0.3, -0.25) is 9.69 Å². The Balaban J connectivity index is 1.54. The van der Waals surface area contributed by atoms with Crippen molar-refractivity contribution in [3.05, 3.63) is 88.5 Å². The van der Waals surface area contributed by atoms with E-state index in [-0.39, 0.29) is 18.5 Å². The fourth-order valence-corrected chi connectivity index (χ4v) is 6.16. The SMILES string of the molecule is COc1ccc2c(c1)C1(SCCN1C(=O)Nc1ccc(C)c(C)c1)C(=O)N2Cc1ccc(F)c(F)c1. The number of aryl methyl sites for hydroxylation is 2. The number of thioether (sulfide) groups is 1. The van der Waals surface area contributed by atoms with Crippen molar-refractivity contribution in [1.29, 1.82) is 0 Å². The molecule has 0 aromatic heterocycles. The molecule has 0 saturated carbocycles. The molecule has 0 radical (unpaired) electrons. The molecule has 0 aliphatic carbocycles. The number of carbonyl (C=O) groups excluding carboxylic acids is 2. The summed E-state index contributed by atoms with van der Waals surface area (Å²) in [6.07, 6.45) is 0. The third-order valence-corrected chi connectivity index (χ3v) is 8.15. The highest BCUT2D eigenvalue weighted by molar-refractivity contribution is 8.01. The molecule has 2 aliphatic heterocycles. The normalized spacial score (nSPS) is 18.6. The molecular formula is C27H25F2N3O3S. The summed E-state index contributed by atoms with van der Waals surface area (Å²) in [4.78, 5) is 29.4. The molecule has 3 amide bonds. The molecule has 1 fully saturated rings. The smallest absolute Gasteiger partial charge is 0.323 e. The topological polar surface area (TPSA) is 61.9 Å². The third-order valence-electron chi connectivity index (χ3n) is 6.73. The Labute approximate surface area is 212 Å². The Morgan fingerprint density at radius 3 is 2.58 bits per heavy atom. The number of halogens is 2. The van der Waals surface area contributed by atoms with Crippen LogP contribution in [-0.4, -0.2) is 36.2 Å². The predicted molar refractivity (Wildman–Crippen MR) is 136 cm³/mol. The molecule has 9 heteroatoms. The maximum Gasteiger partial charge on any atom is 0.323 e. The van der Waals surface area contributed by atoms with E-state index in [0.717, 1.165) is 23.3 Å². The van der Waals surface area contributed by atoms with Crippen LogP contribution in [0, 0.1) is 25.5 Å². The van der Waals surface area contributed by atoms with Crippen molar-refractivity contribution >= 4 is 35.1 Å². The first-order valence-electron chi connectivity index (χ1n) is 11.5. The molecule has 2 heterocycles. The number of hydrogen-bond acceptors (Lipinski definition) is 4. The number of ether oxygens (including phenoxy) is 1. The molecule has 6 nitrogen and oxygen atoms in total. The molecule has 5 rings (SSSR count). The molecule has 0 bridgehead atoms. The zero-order valence-corrected chi connectivity index (χ0v) is 20.9. The van der Waals surface area contributed by atoms with Crippen molar-refractivity contribution in [2.75, 3.05) is 29.6 Å². The maximum atomic E-state index is 14.1. The minimum atomic E-state index is -1.30. The van der Waals surface area contributed by atoms with Gasteiger partial charge in [0, 0.05) is 23.5 Å². The maximum absolute atomic E-state index is 14.1. The Hall–Kier alpha value is -3.59. The first kappa shape index (κ1) is 24.1. The highest BCUT2D eigenvalue weighted by Gasteiger charge is 2.59. The molecule has 3 aromatic rings. The Morgan fingerprint density at radius 2 is 1.86 bits per heavy atom. The lowest BCUT2D eigenvalue weighted by Crippen LogP contribution is -2.51. The van der Waals surface area contributed by atoms with Gasteiger partial charge in [0.25, 0.3) is 5.91 Å². The van der Waals surface area contributed by atoms with Crippen molar-refractivity contribution in [2.45, 2.75) is 25.3 Å². The minimum absolute atomic E-state index is 0.0320. The van der Waals surface area contributed by atoms with Crippen LogP contribution >= 0.6 is 11.8 Å². The van der Waals surface area contributed by atoms with Gasteiger partial charge >= 0.3 is 6.03 Å². The van der Waals surface area contributed by atoms with Crippen molar-refractivity contribution < 1.29 is 23.1 Å². The van der Waals surface area contributed by atoms with Crippen LogP contribution in [0.5, 0.6) is 5.75 Å². The van der Waals surface area contributed by atoms with Crippen LogP contribution < -0.4 is 15.0 Å². The number of fused-ring (bicyclic) bond motifs is 2. The molecule has 186 valence electrons. The molecule has 1 atom stereocenters. The summed E-state index contributed by atoms with van der Waals surface area (Å²) >= 11 is 1.38. The van der Waals surface area contributed by atoms with Crippen molar-refractivity contribution in [1.82, 2.24) is 4.90 Å². The van der Waals surface area contributed by atoms with Crippen LogP contribution in [0.2, 0.25) is 0 Å². The second-order valence-corrected chi connectivity index (χ2v) is 10.2. The monoisotopic (exact) mass is 509 g/mol. The zero-order valence-electron chi connectivity index (χ0n) is 20.1. The van der Waals surface area contributed by atoms with E-state index in [1.807, 2.05) is 32.0 Å². The lowest BCUT2D eigenvalue weighted by molar-refractivity contribution is -0.123. The zero-order chi connectivity index (χ0) is 25.6. The number of nitrogens with zero attached hydrogens (tertiary/aromatic N) is 2. The summed E-state index contributed by atoms with van der Waals surface area (Å²) in [6.45, 7) is 4.36. The Morgan fingerprint density at radius 1 is 1.06 bits per heavy atom. The van der Waals surface area contributed by atoms with E-state index in [1.165, 1.54) is 29.8 Å². The minimum Gasteiger partial charge on any atom is -0.497 e. The summed E-state index contributed by atoms with van der Waals surface area (Å²) in [7, 11) is 1.54. The van der Waals surface area contributed by atoms with Gasteiger partial charge in [0.1, 0.15) is 5.75 Å². The fraction of sp³-hybridized carbons (Fsp3) is 0.259. The van der Waals surface area contributed by atoms with Gasteiger partial charge in [-0.2, -0.15) is 0 Å². The second-order valence-electron chi connectivity index (χ2n) is 8.90. The number of amides is 3. The molecule has 1 saturated heterocycles. The standard InChI is InChI=1S/C27H25F2N3O3S/c1-16-4-6-19(12-17(16)2)30-26(34)32-10-11-36-27(32)21-14-20(35-3)7-9-24(21)31(25(27)33)15-18-5-8-22(28)23(29)13-18/h4-9,12-14H,10-11,15H2,1-3H3,(H,30,34). The van der Waals surface area contributed by atoms with Crippen LogP contribution in [0.1, 0.15) is 22.3 Å². The first-order chi connectivity index (χ1) is 17.2. The third kappa shape index (κ3) is 3.87.